The van der Waals surface area contributed by atoms with Crippen LogP contribution in [0.3, 0.4) is 0 Å². The van der Waals surface area contributed by atoms with E-state index in [0.29, 0.717) is 25.9 Å². The van der Waals surface area contributed by atoms with Crippen LogP contribution in [0, 0.1) is 6.92 Å². The van der Waals surface area contributed by atoms with Crippen LogP contribution in [0.25, 0.3) is 0 Å². The zero-order chi connectivity index (χ0) is 18.3. The normalized spacial score (nSPS) is 16.3. The average Bonchev–Trinajstić information content (AvgIpc) is 2.88. The first-order valence-corrected chi connectivity index (χ1v) is 9.26. The predicted molar refractivity (Wildman–Crippen MR) is 101 cm³/mol. The molecule has 0 radical (unpaired) electrons. The van der Waals surface area contributed by atoms with E-state index in [-0.39, 0.29) is 11.5 Å². The van der Waals surface area contributed by atoms with E-state index in [1.54, 1.807) is 11.6 Å². The van der Waals surface area contributed by atoms with Gasteiger partial charge in [0.2, 0.25) is 0 Å². The van der Waals surface area contributed by atoms with E-state index in [4.69, 9.17) is 0 Å². The van der Waals surface area contributed by atoms with Gasteiger partial charge in [0, 0.05) is 38.7 Å². The van der Waals surface area contributed by atoms with E-state index in [0.717, 1.165) is 47.7 Å². The smallest absolute Gasteiger partial charge is 0.256 e. The van der Waals surface area contributed by atoms with Crippen LogP contribution in [0.4, 0.5) is 5.69 Å². The van der Waals surface area contributed by atoms with Crippen molar-refractivity contribution in [2.45, 2.75) is 32.6 Å². The monoisotopic (exact) mass is 352 g/mol. The van der Waals surface area contributed by atoms with Gasteiger partial charge in [-0.1, -0.05) is 12.1 Å². The predicted octanol–water partition coefficient (Wildman–Crippen LogP) is 1.69. The van der Waals surface area contributed by atoms with Crippen molar-refractivity contribution in [3.63, 3.8) is 0 Å². The topological polar surface area (TPSA) is 67.2 Å². The Balaban J connectivity index is 1.62. The van der Waals surface area contributed by atoms with Gasteiger partial charge in [0.15, 0.2) is 0 Å². The zero-order valence-corrected chi connectivity index (χ0v) is 15.3. The molecule has 0 aliphatic carbocycles. The van der Waals surface area contributed by atoms with Gasteiger partial charge in [-0.25, -0.2) is 4.98 Å². The number of nitrogens with zero attached hydrogens (tertiary/aromatic N) is 3. The first-order chi connectivity index (χ1) is 12.6. The Bertz CT molecular complexity index is 932. The third-order valence-electron chi connectivity index (χ3n) is 5.54. The maximum Gasteiger partial charge on any atom is 0.256 e. The SMILES string of the molecule is Cc1nc2c(c(=O)n1C)CCN(C(=O)c1cccc3c1NCCC3)CC2. The largest absolute Gasteiger partial charge is 0.384 e. The van der Waals surface area contributed by atoms with Gasteiger partial charge >= 0.3 is 0 Å². The van der Waals surface area contributed by atoms with Gasteiger partial charge in [0.1, 0.15) is 5.82 Å². The molecule has 4 rings (SSSR count). The fourth-order valence-corrected chi connectivity index (χ4v) is 3.93. The number of nitrogens with one attached hydrogen (secondary N) is 1. The number of para-hydroxylation sites is 1. The number of benzene rings is 1. The molecule has 0 bridgehead atoms. The fourth-order valence-electron chi connectivity index (χ4n) is 3.93. The molecule has 26 heavy (non-hydrogen) atoms. The van der Waals surface area contributed by atoms with Crippen LogP contribution in [0.1, 0.15) is 39.4 Å². The molecule has 1 aromatic heterocycles. The summed E-state index contributed by atoms with van der Waals surface area (Å²) in [5.41, 5.74) is 4.54. The minimum atomic E-state index is 0.0144. The highest BCUT2D eigenvalue weighted by molar-refractivity contribution is 6.00. The molecule has 3 heterocycles. The number of fused-ring (bicyclic) bond motifs is 2. The van der Waals surface area contributed by atoms with Crippen LogP contribution in [-0.2, 0) is 26.3 Å². The van der Waals surface area contributed by atoms with Crippen molar-refractivity contribution in [1.29, 1.82) is 0 Å². The van der Waals surface area contributed by atoms with Gasteiger partial charge in [0.05, 0.1) is 16.9 Å². The zero-order valence-electron chi connectivity index (χ0n) is 15.3. The molecule has 0 saturated heterocycles. The lowest BCUT2D eigenvalue weighted by Gasteiger charge is -2.25. The Hall–Kier alpha value is -2.63. The first kappa shape index (κ1) is 16.8. The van der Waals surface area contributed by atoms with E-state index in [9.17, 15) is 9.59 Å². The summed E-state index contributed by atoms with van der Waals surface area (Å²) in [5.74, 6) is 0.757. The number of carbonyl (C=O) groups is 1. The lowest BCUT2D eigenvalue weighted by Crippen LogP contribution is -2.34. The van der Waals surface area contributed by atoms with E-state index in [1.165, 1.54) is 5.56 Å². The second kappa shape index (κ2) is 6.59. The van der Waals surface area contributed by atoms with E-state index < -0.39 is 0 Å². The maximum atomic E-state index is 13.2. The number of aromatic nitrogens is 2. The third-order valence-corrected chi connectivity index (χ3v) is 5.54. The minimum absolute atomic E-state index is 0.0144. The summed E-state index contributed by atoms with van der Waals surface area (Å²) < 4.78 is 1.59. The molecule has 0 fully saturated rings. The lowest BCUT2D eigenvalue weighted by atomic mass is 9.98. The maximum absolute atomic E-state index is 13.2. The molecule has 1 N–H and O–H groups in total. The molecule has 6 nitrogen and oxygen atoms in total. The molecule has 0 saturated carbocycles. The summed E-state index contributed by atoms with van der Waals surface area (Å²) in [6, 6.07) is 5.96. The first-order valence-electron chi connectivity index (χ1n) is 9.26. The lowest BCUT2D eigenvalue weighted by molar-refractivity contribution is 0.0763. The van der Waals surface area contributed by atoms with Gasteiger partial charge in [-0.3, -0.25) is 14.2 Å². The van der Waals surface area contributed by atoms with Crippen molar-refractivity contribution in [1.82, 2.24) is 14.5 Å². The summed E-state index contributed by atoms with van der Waals surface area (Å²) in [5, 5.41) is 3.39. The third kappa shape index (κ3) is 2.79. The van der Waals surface area contributed by atoms with Crippen LogP contribution < -0.4 is 10.9 Å². The number of amides is 1. The van der Waals surface area contributed by atoms with Crippen LogP contribution in [0.15, 0.2) is 23.0 Å². The van der Waals surface area contributed by atoms with Crippen molar-refractivity contribution in [2.75, 3.05) is 25.0 Å². The second-order valence-electron chi connectivity index (χ2n) is 7.11. The number of rotatable bonds is 1. The highest BCUT2D eigenvalue weighted by Gasteiger charge is 2.25. The number of hydrogen-bond donors (Lipinski definition) is 1. The number of hydrogen-bond acceptors (Lipinski definition) is 4. The summed E-state index contributed by atoms with van der Waals surface area (Å²) in [6.45, 7) is 3.89. The summed E-state index contributed by atoms with van der Waals surface area (Å²) in [4.78, 5) is 32.2. The highest BCUT2D eigenvalue weighted by atomic mass is 16.2. The van der Waals surface area contributed by atoms with Gasteiger partial charge < -0.3 is 10.2 Å². The fraction of sp³-hybridized carbons (Fsp3) is 0.450. The van der Waals surface area contributed by atoms with Crippen LogP contribution in [-0.4, -0.2) is 40.0 Å². The Labute approximate surface area is 152 Å². The standard InChI is InChI=1S/C20H24N4O2/c1-13-22-17-9-12-24(11-8-15(17)19(25)23(13)2)20(26)16-7-3-5-14-6-4-10-21-18(14)16/h3,5,7,21H,4,6,8-12H2,1-2H3. The van der Waals surface area contributed by atoms with Crippen molar-refractivity contribution in [3.05, 3.63) is 56.8 Å². The molecule has 6 heteroatoms. The van der Waals surface area contributed by atoms with E-state index >= 15 is 0 Å². The van der Waals surface area contributed by atoms with Gasteiger partial charge in [-0.05, 0) is 37.8 Å². The van der Waals surface area contributed by atoms with Crippen molar-refractivity contribution >= 4 is 11.6 Å². The quantitative estimate of drug-likeness (QED) is 0.848. The molecule has 136 valence electrons. The van der Waals surface area contributed by atoms with Crippen LogP contribution in [0.5, 0.6) is 0 Å². The molecule has 2 aliphatic rings. The summed E-state index contributed by atoms with van der Waals surface area (Å²) in [6.07, 6.45) is 3.29. The van der Waals surface area contributed by atoms with Crippen molar-refractivity contribution < 1.29 is 4.79 Å². The molecule has 1 amide bonds. The number of anilines is 1. The molecule has 1 aromatic carbocycles. The molecule has 2 aromatic rings. The Morgan fingerprint density at radius 3 is 2.85 bits per heavy atom. The Morgan fingerprint density at radius 2 is 2.00 bits per heavy atom. The minimum Gasteiger partial charge on any atom is -0.384 e. The average molecular weight is 352 g/mol. The highest BCUT2D eigenvalue weighted by Crippen LogP contribution is 2.27. The second-order valence-corrected chi connectivity index (χ2v) is 7.11. The molecule has 2 aliphatic heterocycles. The number of aryl methyl sites for hydroxylation is 2. The Kier molecular flexibility index (Phi) is 4.26. The van der Waals surface area contributed by atoms with Crippen molar-refractivity contribution in [3.8, 4) is 0 Å². The van der Waals surface area contributed by atoms with Gasteiger partial charge in [0.25, 0.3) is 11.5 Å². The molecular formula is C20H24N4O2. The van der Waals surface area contributed by atoms with E-state index in [1.807, 2.05) is 24.0 Å². The van der Waals surface area contributed by atoms with Gasteiger partial charge in [-0.2, -0.15) is 0 Å². The summed E-state index contributed by atoms with van der Waals surface area (Å²) in [7, 11) is 1.75. The van der Waals surface area contributed by atoms with E-state index in [2.05, 4.69) is 16.4 Å². The van der Waals surface area contributed by atoms with Crippen LogP contribution in [0.2, 0.25) is 0 Å². The van der Waals surface area contributed by atoms with Crippen molar-refractivity contribution in [2.24, 2.45) is 7.05 Å². The molecule has 0 atom stereocenters. The Morgan fingerprint density at radius 1 is 1.19 bits per heavy atom. The van der Waals surface area contributed by atoms with Gasteiger partial charge in [-0.15, -0.1) is 0 Å². The number of carbonyl (C=O) groups excluding carboxylic acids is 1. The van der Waals surface area contributed by atoms with Crippen LogP contribution >= 0.6 is 0 Å². The molecular weight excluding hydrogens is 328 g/mol. The summed E-state index contributed by atoms with van der Waals surface area (Å²) >= 11 is 0. The molecule has 0 spiro atoms. The molecule has 0 unspecified atom stereocenters.